The van der Waals surface area contributed by atoms with Crippen molar-refractivity contribution in [3.63, 3.8) is 0 Å². The molecule has 0 bridgehead atoms. The van der Waals surface area contributed by atoms with Gasteiger partial charge in [-0.25, -0.2) is 0 Å². The van der Waals surface area contributed by atoms with Gasteiger partial charge in [0, 0.05) is 0 Å². The molecule has 0 atom stereocenters. The molecule has 16 heteroatoms. The van der Waals surface area contributed by atoms with Crippen molar-refractivity contribution >= 4 is 17.4 Å². The van der Waals surface area contributed by atoms with Crippen molar-refractivity contribution in [2.45, 2.75) is 35.9 Å². The Morgan fingerprint density at radius 2 is 1.19 bits per heavy atom. The van der Waals surface area contributed by atoms with Crippen LogP contribution in [0.1, 0.15) is 11.1 Å². The topological polar surface area (TPSA) is 38.7 Å². The molecule has 3 rings (SSSR count). The van der Waals surface area contributed by atoms with Crippen LogP contribution in [0.4, 0.5) is 52.7 Å². The van der Waals surface area contributed by atoms with Gasteiger partial charge in [0.15, 0.2) is 0 Å². The first-order valence-electron chi connectivity index (χ1n) is 9.94. The number of ether oxygens (including phenoxy) is 1. The van der Waals surface area contributed by atoms with Crippen LogP contribution < -0.4 is 10.6 Å². The van der Waals surface area contributed by atoms with Crippen LogP contribution in [-0.2, 0) is 20.5 Å². The summed E-state index contributed by atoms with van der Waals surface area (Å²) in [7, 11) is 0.771. The first kappa shape index (κ1) is 29.5. The average molecular weight is 576 g/mol. The predicted octanol–water partition coefficient (Wildman–Crippen LogP) is 6.00. The van der Waals surface area contributed by atoms with Gasteiger partial charge in [0.05, 0.1) is 0 Å². The van der Waals surface area contributed by atoms with Crippen LogP contribution in [0.25, 0.3) is 0 Å². The van der Waals surface area contributed by atoms with E-state index in [4.69, 9.17) is 9.26 Å². The predicted molar refractivity (Wildman–Crippen MR) is 108 cm³/mol. The van der Waals surface area contributed by atoms with E-state index >= 15 is 0 Å². The molecular weight excluding hydrogens is 559 g/mol. The van der Waals surface area contributed by atoms with Crippen LogP contribution in [0.3, 0.4) is 0 Å². The Kier molecular flexibility index (Phi) is 6.53. The van der Waals surface area contributed by atoms with E-state index in [0.29, 0.717) is 30.9 Å². The van der Waals surface area contributed by atoms with Gasteiger partial charge in [0.1, 0.15) is 0 Å². The molecule has 1 heterocycles. The fourth-order valence-electron chi connectivity index (χ4n) is 4.73. The molecule has 0 amide bonds. The van der Waals surface area contributed by atoms with E-state index in [1.165, 1.54) is 0 Å². The minimum atomic E-state index is -6.50. The number of aliphatic hydroxyl groups is 1. The summed E-state index contributed by atoms with van der Waals surface area (Å²) in [6, 6.07) is 4.81. The van der Waals surface area contributed by atoms with Crippen LogP contribution in [0.15, 0.2) is 48.5 Å². The number of benzene rings is 2. The van der Waals surface area contributed by atoms with Gasteiger partial charge in [-0.2, -0.15) is 0 Å². The summed E-state index contributed by atoms with van der Waals surface area (Å²) in [6.45, 7) is -5.36. The van der Waals surface area contributed by atoms with Gasteiger partial charge in [-0.1, -0.05) is 0 Å². The molecular formula is C21H17F12O3P. The fraction of sp³-hybridized carbons (Fsp3) is 0.429. The molecule has 0 aromatic heterocycles. The normalized spacial score (nSPS) is 20.7. The molecule has 0 saturated carbocycles. The third-order valence-electron chi connectivity index (χ3n) is 6.28. The van der Waals surface area contributed by atoms with E-state index in [1.54, 1.807) is 0 Å². The van der Waals surface area contributed by atoms with Crippen molar-refractivity contribution in [2.75, 3.05) is 20.1 Å². The molecule has 0 radical (unpaired) electrons. The second-order valence-electron chi connectivity index (χ2n) is 8.61. The number of fused-ring (bicyclic) bond motifs is 1. The first-order chi connectivity index (χ1) is 16.5. The molecule has 1 N–H and O–H groups in total. The second kappa shape index (κ2) is 8.20. The summed E-state index contributed by atoms with van der Waals surface area (Å²) in [5.74, 6) is 0. The van der Waals surface area contributed by atoms with E-state index in [-0.39, 0.29) is 6.07 Å². The van der Waals surface area contributed by atoms with Gasteiger partial charge in [-0.05, 0) is 0 Å². The zero-order valence-electron chi connectivity index (χ0n) is 18.6. The number of halogens is 12. The summed E-state index contributed by atoms with van der Waals surface area (Å²) in [6.07, 6.45) is -26.8. The molecule has 1 aliphatic rings. The number of rotatable bonds is 4. The molecule has 1 aliphatic heterocycles. The van der Waals surface area contributed by atoms with Crippen LogP contribution >= 0.6 is 6.83 Å². The van der Waals surface area contributed by atoms with E-state index in [1.807, 2.05) is 0 Å². The molecule has 0 spiro atoms. The quantitative estimate of drug-likeness (QED) is 0.359. The van der Waals surface area contributed by atoms with Crippen LogP contribution in [0, 0.1) is 0 Å². The third kappa shape index (κ3) is 3.75. The third-order valence-corrected chi connectivity index (χ3v) is 11.2. The molecule has 2 aromatic carbocycles. The van der Waals surface area contributed by atoms with Gasteiger partial charge < -0.3 is 0 Å². The van der Waals surface area contributed by atoms with E-state index in [2.05, 4.69) is 0 Å². The Bertz CT molecular complexity index is 1160. The molecule has 0 aliphatic carbocycles. The molecule has 2 aromatic rings. The molecule has 3 nitrogen and oxygen atoms in total. The summed E-state index contributed by atoms with van der Waals surface area (Å²) >= 11 is 0. The fourth-order valence-corrected chi connectivity index (χ4v) is 9.87. The van der Waals surface area contributed by atoms with E-state index < -0.39 is 70.8 Å². The molecule has 208 valence electrons. The van der Waals surface area contributed by atoms with Gasteiger partial charge in [-0.3, -0.25) is 0 Å². The van der Waals surface area contributed by atoms with E-state index in [9.17, 15) is 57.8 Å². The molecule has 0 saturated heterocycles. The summed E-state index contributed by atoms with van der Waals surface area (Å²) in [5.41, 5.74) is -14.4. The zero-order chi connectivity index (χ0) is 28.5. The number of hydrogen-bond donors (Lipinski definition) is 1. The maximum atomic E-state index is 14.3. The van der Waals surface area contributed by atoms with Crippen LogP contribution in [-0.4, -0.2) is 49.9 Å². The Balaban J connectivity index is 2.61. The number of hydrogen-bond acceptors (Lipinski definition) is 3. The summed E-state index contributed by atoms with van der Waals surface area (Å²) in [5, 5.41) is 7.83. The number of alkyl halides is 12. The van der Waals surface area contributed by atoms with Crippen LogP contribution in [0.5, 0.6) is 0 Å². The van der Waals surface area contributed by atoms with Gasteiger partial charge in [-0.15, -0.1) is 0 Å². The van der Waals surface area contributed by atoms with Crippen molar-refractivity contribution in [1.29, 1.82) is 0 Å². The van der Waals surface area contributed by atoms with E-state index in [0.717, 1.165) is 25.3 Å². The number of methoxy groups -OCH3 is 1. The van der Waals surface area contributed by atoms with Gasteiger partial charge in [0.25, 0.3) is 0 Å². The van der Waals surface area contributed by atoms with Crippen molar-refractivity contribution < 1.29 is 67.1 Å². The van der Waals surface area contributed by atoms with Crippen LogP contribution in [0.2, 0.25) is 0 Å². The second-order valence-corrected chi connectivity index (χ2v) is 13.4. The standard InChI is InChI=1S/C21H17F12O3P/c1-35-11-37(2,14-9-5-3-7-12(14)16(34,18(22,23)24)19(25,26)27)15-10-6-4-8-13(15)17(36-37,20(28,29)30)21(31,32)33/h3-10,34H,11H2,1-2H3. The van der Waals surface area contributed by atoms with Crippen molar-refractivity contribution in [3.8, 4) is 0 Å². The van der Waals surface area contributed by atoms with Gasteiger partial charge >= 0.3 is 200 Å². The van der Waals surface area contributed by atoms with Crippen molar-refractivity contribution in [1.82, 2.24) is 0 Å². The Labute approximate surface area is 201 Å². The molecule has 0 fully saturated rings. The Morgan fingerprint density at radius 3 is 1.62 bits per heavy atom. The molecule has 37 heavy (non-hydrogen) atoms. The minimum absolute atomic E-state index is 0.122. The zero-order valence-corrected chi connectivity index (χ0v) is 19.5. The SMILES string of the molecule is COCP1(C)(c2ccccc2C(O)(C(F)(F)F)C(F)(F)F)OC(C(F)(F)F)(C(F)(F)F)c2ccccc21. The summed E-state index contributed by atoms with van der Waals surface area (Å²) < 4.78 is 179. The maximum absolute atomic E-state index is 14.3. The van der Waals surface area contributed by atoms with Crippen molar-refractivity contribution in [3.05, 3.63) is 59.7 Å². The molecule has 0 unspecified atom stereocenters. The summed E-state index contributed by atoms with van der Waals surface area (Å²) in [4.78, 5) is 0. The Hall–Kier alpha value is -2.09. The first-order valence-corrected chi connectivity index (χ1v) is 12.7. The van der Waals surface area contributed by atoms with Crippen molar-refractivity contribution in [2.24, 2.45) is 0 Å². The Morgan fingerprint density at radius 1 is 0.757 bits per heavy atom. The average Bonchev–Trinajstić information content (AvgIpc) is 3.00. The van der Waals surface area contributed by atoms with Gasteiger partial charge in [0.2, 0.25) is 0 Å². The monoisotopic (exact) mass is 576 g/mol.